The van der Waals surface area contributed by atoms with Crippen molar-refractivity contribution in [2.75, 3.05) is 55.7 Å². The fourth-order valence-electron chi connectivity index (χ4n) is 3.82. The van der Waals surface area contributed by atoms with E-state index in [0.29, 0.717) is 36.5 Å². The molecule has 3 aromatic rings. The minimum Gasteiger partial charge on any atom is -0.370 e. The number of aromatic nitrogens is 3. The molecule has 31 heavy (non-hydrogen) atoms. The van der Waals surface area contributed by atoms with Gasteiger partial charge in [-0.2, -0.15) is 23.1 Å². The summed E-state index contributed by atoms with van der Waals surface area (Å²) in [4.78, 5) is 17.0. The van der Waals surface area contributed by atoms with Crippen molar-refractivity contribution in [1.29, 1.82) is 0 Å². The molecule has 4 rings (SSSR count). The number of benzene rings is 1. The SMILES string of the molecule is CCNc1nc(N)nc2nc(-c3c(N4CCN(C)CC4)cccc3C(F)(F)F)ccc12. The number of likely N-dealkylation sites (N-methyl/N-ethyl adjacent to an activating group) is 1. The predicted octanol–water partition coefficient (Wildman–Crippen LogP) is 3.48. The quantitative estimate of drug-likeness (QED) is 0.654. The third-order valence-electron chi connectivity index (χ3n) is 5.37. The molecule has 1 saturated heterocycles. The minimum atomic E-state index is -4.52. The Balaban J connectivity index is 1.90. The number of nitrogens with two attached hydrogens (primary N) is 1. The van der Waals surface area contributed by atoms with Gasteiger partial charge in [-0.25, -0.2) is 4.98 Å². The molecule has 0 aliphatic carbocycles. The summed E-state index contributed by atoms with van der Waals surface area (Å²) in [5, 5.41) is 3.69. The van der Waals surface area contributed by atoms with E-state index in [9.17, 15) is 13.2 Å². The molecule has 0 atom stereocenters. The smallest absolute Gasteiger partial charge is 0.370 e. The molecule has 0 amide bonds. The minimum absolute atomic E-state index is 0.0106. The zero-order valence-corrected chi connectivity index (χ0v) is 17.4. The van der Waals surface area contributed by atoms with Crippen LogP contribution in [0.3, 0.4) is 0 Å². The monoisotopic (exact) mass is 431 g/mol. The molecule has 164 valence electrons. The first kappa shape index (κ1) is 21.1. The zero-order valence-electron chi connectivity index (χ0n) is 17.4. The molecule has 0 radical (unpaired) electrons. The fraction of sp³-hybridized carbons (Fsp3) is 0.381. The number of hydrogen-bond acceptors (Lipinski definition) is 7. The van der Waals surface area contributed by atoms with Crippen LogP contribution in [0.1, 0.15) is 12.5 Å². The third kappa shape index (κ3) is 4.20. The summed E-state index contributed by atoms with van der Waals surface area (Å²) in [5.74, 6) is 0.518. The lowest BCUT2D eigenvalue weighted by atomic mass is 9.99. The standard InChI is InChI=1S/C21H24F3N7/c1-3-26-18-13-7-8-15(27-19(13)29-20(25)28-18)17-14(21(22,23)24)5-4-6-16(17)31-11-9-30(2)10-12-31/h4-8H,3,9-12H2,1-2H3,(H3,25,26,27,28,29). The molecule has 0 unspecified atom stereocenters. The lowest BCUT2D eigenvalue weighted by molar-refractivity contribution is -0.137. The van der Waals surface area contributed by atoms with E-state index in [0.717, 1.165) is 19.2 Å². The lowest BCUT2D eigenvalue weighted by Crippen LogP contribution is -2.44. The van der Waals surface area contributed by atoms with Crippen LogP contribution >= 0.6 is 0 Å². The number of nitrogens with zero attached hydrogens (tertiary/aromatic N) is 5. The maximum atomic E-state index is 14.0. The van der Waals surface area contributed by atoms with Crippen molar-refractivity contribution >= 4 is 28.5 Å². The van der Waals surface area contributed by atoms with Gasteiger partial charge in [-0.1, -0.05) is 6.07 Å². The molecule has 3 heterocycles. The van der Waals surface area contributed by atoms with Gasteiger partial charge in [-0.05, 0) is 38.2 Å². The second-order valence-corrected chi connectivity index (χ2v) is 7.52. The van der Waals surface area contributed by atoms with Gasteiger partial charge in [0, 0.05) is 44.0 Å². The number of hydrogen-bond donors (Lipinski definition) is 2. The van der Waals surface area contributed by atoms with Crippen molar-refractivity contribution < 1.29 is 13.2 Å². The van der Waals surface area contributed by atoms with Gasteiger partial charge in [-0.15, -0.1) is 0 Å². The fourth-order valence-corrected chi connectivity index (χ4v) is 3.82. The average molecular weight is 431 g/mol. The number of rotatable bonds is 4. The van der Waals surface area contributed by atoms with Gasteiger partial charge in [0.25, 0.3) is 0 Å². The Kier molecular flexibility index (Phi) is 5.57. The summed E-state index contributed by atoms with van der Waals surface area (Å²) in [5.41, 5.74) is 6.12. The van der Waals surface area contributed by atoms with Crippen molar-refractivity contribution in [1.82, 2.24) is 19.9 Å². The van der Waals surface area contributed by atoms with Gasteiger partial charge in [-0.3, -0.25) is 0 Å². The van der Waals surface area contributed by atoms with Crippen LogP contribution in [0.5, 0.6) is 0 Å². The Bertz CT molecular complexity index is 1090. The van der Waals surface area contributed by atoms with Crippen molar-refractivity contribution in [2.45, 2.75) is 13.1 Å². The van der Waals surface area contributed by atoms with Crippen molar-refractivity contribution in [3.8, 4) is 11.3 Å². The van der Waals surface area contributed by atoms with Gasteiger partial charge in [0.05, 0.1) is 16.6 Å². The molecule has 1 fully saturated rings. The van der Waals surface area contributed by atoms with E-state index < -0.39 is 11.7 Å². The second-order valence-electron chi connectivity index (χ2n) is 7.52. The molecule has 2 aromatic heterocycles. The summed E-state index contributed by atoms with van der Waals surface area (Å²) in [7, 11) is 2.00. The number of piperazine rings is 1. The van der Waals surface area contributed by atoms with Gasteiger partial charge < -0.3 is 20.9 Å². The highest BCUT2D eigenvalue weighted by Gasteiger charge is 2.36. The first-order valence-corrected chi connectivity index (χ1v) is 10.1. The molecule has 1 aliphatic heterocycles. The molecule has 0 bridgehead atoms. The van der Waals surface area contributed by atoms with Crippen LogP contribution in [0.4, 0.5) is 30.6 Å². The summed E-state index contributed by atoms with van der Waals surface area (Å²) in [6, 6.07) is 7.55. The van der Waals surface area contributed by atoms with Crippen molar-refractivity contribution in [3.63, 3.8) is 0 Å². The Morgan fingerprint density at radius 2 is 1.77 bits per heavy atom. The first-order chi connectivity index (χ1) is 14.8. The number of nitrogen functional groups attached to an aromatic ring is 1. The molecule has 10 heteroatoms. The summed E-state index contributed by atoms with van der Waals surface area (Å²) in [6.45, 7) is 5.34. The highest BCUT2D eigenvalue weighted by atomic mass is 19.4. The van der Waals surface area contributed by atoms with Crippen LogP contribution in [0.15, 0.2) is 30.3 Å². The molecule has 3 N–H and O–H groups in total. The van der Waals surface area contributed by atoms with Gasteiger partial charge in [0.15, 0.2) is 5.65 Å². The number of fused-ring (bicyclic) bond motifs is 1. The van der Waals surface area contributed by atoms with Crippen LogP contribution in [0, 0.1) is 0 Å². The molecular weight excluding hydrogens is 407 g/mol. The normalized spacial score (nSPS) is 15.5. The number of anilines is 3. The van der Waals surface area contributed by atoms with E-state index in [2.05, 4.69) is 25.2 Å². The van der Waals surface area contributed by atoms with Gasteiger partial charge >= 0.3 is 6.18 Å². The number of nitrogens with one attached hydrogen (secondary N) is 1. The summed E-state index contributed by atoms with van der Waals surface area (Å²) < 4.78 is 41.9. The van der Waals surface area contributed by atoms with Crippen molar-refractivity contribution in [2.24, 2.45) is 0 Å². The Hall–Kier alpha value is -3.14. The van der Waals surface area contributed by atoms with Gasteiger partial charge in [0.2, 0.25) is 5.95 Å². The average Bonchev–Trinajstić information content (AvgIpc) is 2.73. The van der Waals surface area contributed by atoms with E-state index in [4.69, 9.17) is 5.73 Å². The number of pyridine rings is 1. The third-order valence-corrected chi connectivity index (χ3v) is 5.37. The Labute approximate surface area is 178 Å². The zero-order chi connectivity index (χ0) is 22.2. The topological polar surface area (TPSA) is 83.2 Å². The van der Waals surface area contributed by atoms with Gasteiger partial charge in [0.1, 0.15) is 5.82 Å². The van der Waals surface area contributed by atoms with E-state index in [1.807, 2.05) is 18.9 Å². The van der Waals surface area contributed by atoms with Crippen LogP contribution in [0.25, 0.3) is 22.3 Å². The maximum absolute atomic E-state index is 14.0. The first-order valence-electron chi connectivity index (χ1n) is 10.1. The van der Waals surface area contributed by atoms with Crippen LogP contribution in [0.2, 0.25) is 0 Å². The maximum Gasteiger partial charge on any atom is 0.417 e. The molecule has 0 saturated carbocycles. The summed E-state index contributed by atoms with van der Waals surface area (Å²) in [6.07, 6.45) is -4.52. The Morgan fingerprint density at radius 3 is 2.45 bits per heavy atom. The molecule has 0 spiro atoms. The van der Waals surface area contributed by atoms with Crippen LogP contribution in [-0.4, -0.2) is 59.6 Å². The molecule has 7 nitrogen and oxygen atoms in total. The van der Waals surface area contributed by atoms with E-state index in [1.165, 1.54) is 6.07 Å². The number of alkyl halides is 3. The second kappa shape index (κ2) is 8.18. The largest absolute Gasteiger partial charge is 0.417 e. The van der Waals surface area contributed by atoms with E-state index in [1.54, 1.807) is 18.2 Å². The van der Waals surface area contributed by atoms with E-state index >= 15 is 0 Å². The highest BCUT2D eigenvalue weighted by molar-refractivity contribution is 5.91. The Morgan fingerprint density at radius 1 is 1.03 bits per heavy atom. The molecular formula is C21H24F3N7. The molecule has 1 aromatic carbocycles. The highest BCUT2D eigenvalue weighted by Crippen LogP contribution is 2.42. The van der Waals surface area contributed by atoms with E-state index in [-0.39, 0.29) is 22.9 Å². The molecule has 1 aliphatic rings. The predicted molar refractivity (Wildman–Crippen MR) is 116 cm³/mol. The summed E-state index contributed by atoms with van der Waals surface area (Å²) >= 11 is 0. The number of halogens is 3. The van der Waals surface area contributed by atoms with Crippen molar-refractivity contribution in [3.05, 3.63) is 35.9 Å². The lowest BCUT2D eigenvalue weighted by Gasteiger charge is -2.35. The van der Waals surface area contributed by atoms with Crippen LogP contribution in [-0.2, 0) is 6.18 Å². The van der Waals surface area contributed by atoms with Crippen LogP contribution < -0.4 is 16.0 Å².